The van der Waals surface area contributed by atoms with E-state index in [1.165, 1.54) is 17.7 Å². The Balaban J connectivity index is 0.00000231. The highest BCUT2D eigenvalue weighted by atomic mass is 19.1. The zero-order valence-electron chi connectivity index (χ0n) is 18.5. The normalized spacial score (nSPS) is 25.4. The zero-order chi connectivity index (χ0) is 21.3. The Hall–Kier alpha value is -1.78. The van der Waals surface area contributed by atoms with Crippen LogP contribution in [0, 0.1) is 11.2 Å². The van der Waals surface area contributed by atoms with Crippen LogP contribution >= 0.6 is 0 Å². The van der Waals surface area contributed by atoms with Gasteiger partial charge in [-0.15, -0.1) is 0 Å². The molecule has 2 aliphatic carbocycles. The number of halogens is 1. The second-order valence-corrected chi connectivity index (χ2v) is 10.6. The van der Waals surface area contributed by atoms with Gasteiger partial charge in [-0.25, -0.2) is 4.39 Å². The average Bonchev–Trinajstić information content (AvgIpc) is 3.26. The van der Waals surface area contributed by atoms with Gasteiger partial charge in [0.1, 0.15) is 11.9 Å². The summed E-state index contributed by atoms with van der Waals surface area (Å²) < 4.78 is 20.5. The fourth-order valence-corrected chi connectivity index (χ4v) is 6.05. The molecule has 0 radical (unpaired) electrons. The first kappa shape index (κ1) is 22.4. The molecule has 3 nitrogen and oxygen atoms in total. The first-order valence-electron chi connectivity index (χ1n) is 11.4. The molecule has 0 amide bonds. The Bertz CT molecular complexity index is 974. The van der Waals surface area contributed by atoms with Crippen LogP contribution in [0.3, 0.4) is 0 Å². The Morgan fingerprint density at radius 3 is 2.35 bits per heavy atom. The molecule has 4 heteroatoms. The lowest BCUT2D eigenvalue weighted by atomic mass is 9.70. The minimum Gasteiger partial charge on any atom is -0.388 e. The maximum absolute atomic E-state index is 13.6. The molecule has 0 unspecified atom stereocenters. The van der Waals surface area contributed by atoms with E-state index in [1.54, 1.807) is 0 Å². The van der Waals surface area contributed by atoms with E-state index < -0.39 is 6.10 Å². The lowest BCUT2D eigenvalue weighted by molar-refractivity contribution is -0.0580. The molecular formula is C27H36FNO2. The van der Waals surface area contributed by atoms with Crippen LogP contribution in [0.2, 0.25) is 0 Å². The highest BCUT2D eigenvalue weighted by Crippen LogP contribution is 2.59. The molecule has 1 fully saturated rings. The van der Waals surface area contributed by atoms with Gasteiger partial charge in [-0.3, -0.25) is 4.98 Å². The molecule has 1 saturated carbocycles. The number of nitrogens with zero attached hydrogens (tertiary/aromatic N) is 1. The molecule has 1 aliphatic heterocycles. The summed E-state index contributed by atoms with van der Waals surface area (Å²) >= 11 is 0. The molecule has 5 rings (SSSR count). The smallest absolute Gasteiger partial charge is 0.123 e. The van der Waals surface area contributed by atoms with Gasteiger partial charge in [0.05, 0.1) is 11.7 Å². The maximum atomic E-state index is 13.6. The van der Waals surface area contributed by atoms with Gasteiger partial charge < -0.3 is 9.84 Å². The number of rotatable bonds is 2. The van der Waals surface area contributed by atoms with Crippen molar-refractivity contribution in [3.8, 4) is 0 Å². The number of fused-ring (bicyclic) bond motifs is 4. The Morgan fingerprint density at radius 2 is 1.74 bits per heavy atom. The fourth-order valence-electron chi connectivity index (χ4n) is 6.05. The third-order valence-corrected chi connectivity index (χ3v) is 7.30. The zero-order valence-corrected chi connectivity index (χ0v) is 18.5. The summed E-state index contributed by atoms with van der Waals surface area (Å²) in [5.41, 5.74) is 6.15. The third-order valence-electron chi connectivity index (χ3n) is 7.30. The standard InChI is InChI=1S/C26H32FNO2.CH4/c1-15(2)23-21-22(20-18(28-23)13-25(3,4)14-19(20)29)26(11-5-6-12-26)30-24(21)16-7-9-17(27)10-8-16;/h7-10,15,19,24,29H,5-6,11-14H2,1-4H3;1H4/t19-,24+;/m0./s1. The summed E-state index contributed by atoms with van der Waals surface area (Å²) in [6.45, 7) is 8.79. The monoisotopic (exact) mass is 425 g/mol. The summed E-state index contributed by atoms with van der Waals surface area (Å²) in [7, 11) is 0. The van der Waals surface area contributed by atoms with E-state index in [9.17, 15) is 9.50 Å². The van der Waals surface area contributed by atoms with Crippen LogP contribution in [0.25, 0.3) is 0 Å². The number of aliphatic hydroxyl groups is 1. The van der Waals surface area contributed by atoms with Crippen LogP contribution in [0.15, 0.2) is 24.3 Å². The average molecular weight is 426 g/mol. The van der Waals surface area contributed by atoms with Crippen molar-refractivity contribution in [2.75, 3.05) is 0 Å². The van der Waals surface area contributed by atoms with E-state index in [-0.39, 0.29) is 36.3 Å². The number of hydrogen-bond donors (Lipinski definition) is 1. The number of aliphatic hydroxyl groups excluding tert-OH is 1. The van der Waals surface area contributed by atoms with E-state index in [2.05, 4.69) is 27.7 Å². The molecular weight excluding hydrogens is 389 g/mol. The molecule has 2 aromatic rings. The summed E-state index contributed by atoms with van der Waals surface area (Å²) in [5.74, 6) is 0.00665. The SMILES string of the molecule is C.CC(C)c1nc2c(c3c1[C@@H](c1ccc(F)cc1)OC31CCCC1)[C@@H](O)CC(C)(C)C2. The van der Waals surface area contributed by atoms with Crippen molar-refractivity contribution in [1.82, 2.24) is 4.98 Å². The minimum atomic E-state index is -0.515. The second kappa shape index (κ2) is 7.67. The number of hydrogen-bond acceptors (Lipinski definition) is 3. The molecule has 0 saturated heterocycles. The largest absolute Gasteiger partial charge is 0.388 e. The topological polar surface area (TPSA) is 42.4 Å². The Labute approximate surface area is 186 Å². The predicted molar refractivity (Wildman–Crippen MR) is 122 cm³/mol. The molecule has 168 valence electrons. The lowest BCUT2D eigenvalue weighted by Crippen LogP contribution is -2.32. The lowest BCUT2D eigenvalue weighted by Gasteiger charge is -2.38. The Morgan fingerprint density at radius 1 is 1.10 bits per heavy atom. The van der Waals surface area contributed by atoms with Crippen molar-refractivity contribution < 1.29 is 14.2 Å². The summed E-state index contributed by atoms with van der Waals surface area (Å²) in [6, 6.07) is 6.69. The van der Waals surface area contributed by atoms with E-state index >= 15 is 0 Å². The second-order valence-electron chi connectivity index (χ2n) is 10.6. The van der Waals surface area contributed by atoms with Crippen molar-refractivity contribution in [3.63, 3.8) is 0 Å². The molecule has 0 bridgehead atoms. The highest BCUT2D eigenvalue weighted by Gasteiger charge is 2.52. The molecule has 2 atom stereocenters. The van der Waals surface area contributed by atoms with Crippen LogP contribution in [0.5, 0.6) is 0 Å². The number of aromatic nitrogens is 1. The summed E-state index contributed by atoms with van der Waals surface area (Å²) in [5, 5.41) is 11.3. The van der Waals surface area contributed by atoms with E-state index in [0.717, 1.165) is 66.6 Å². The quantitative estimate of drug-likeness (QED) is 0.570. The van der Waals surface area contributed by atoms with Crippen LogP contribution < -0.4 is 0 Å². The van der Waals surface area contributed by atoms with Gasteiger partial charge >= 0.3 is 0 Å². The molecule has 1 aromatic carbocycles. The highest BCUT2D eigenvalue weighted by molar-refractivity contribution is 5.54. The number of benzene rings is 1. The van der Waals surface area contributed by atoms with E-state index in [4.69, 9.17) is 9.72 Å². The van der Waals surface area contributed by atoms with Gasteiger partial charge in [0.25, 0.3) is 0 Å². The molecule has 3 aliphatic rings. The van der Waals surface area contributed by atoms with Gasteiger partial charge in [-0.1, -0.05) is 60.1 Å². The van der Waals surface area contributed by atoms with Gasteiger partial charge in [0.2, 0.25) is 0 Å². The minimum absolute atomic E-state index is 0. The van der Waals surface area contributed by atoms with E-state index in [0.29, 0.717) is 0 Å². The van der Waals surface area contributed by atoms with Crippen molar-refractivity contribution in [2.24, 2.45) is 5.41 Å². The predicted octanol–water partition coefficient (Wildman–Crippen LogP) is 6.87. The maximum Gasteiger partial charge on any atom is 0.123 e. The van der Waals surface area contributed by atoms with Crippen LogP contribution in [0.4, 0.5) is 4.39 Å². The molecule has 1 N–H and O–H groups in total. The third kappa shape index (κ3) is 3.52. The van der Waals surface area contributed by atoms with Crippen molar-refractivity contribution in [1.29, 1.82) is 0 Å². The summed E-state index contributed by atoms with van der Waals surface area (Å²) in [6.07, 6.45) is 5.06. The first-order chi connectivity index (χ1) is 14.2. The number of ether oxygens (including phenoxy) is 1. The van der Waals surface area contributed by atoms with Crippen LogP contribution in [-0.2, 0) is 16.8 Å². The van der Waals surface area contributed by atoms with Gasteiger partial charge in [-0.05, 0) is 60.3 Å². The molecule has 1 aromatic heterocycles. The molecule has 1 spiro atoms. The van der Waals surface area contributed by atoms with Gasteiger partial charge in [-0.2, -0.15) is 0 Å². The Kier molecular flexibility index (Phi) is 5.54. The first-order valence-corrected chi connectivity index (χ1v) is 11.4. The van der Waals surface area contributed by atoms with Crippen LogP contribution in [-0.4, -0.2) is 10.1 Å². The fraction of sp³-hybridized carbons (Fsp3) is 0.593. The van der Waals surface area contributed by atoms with Crippen molar-refractivity contribution in [3.05, 3.63) is 63.7 Å². The molecule has 2 heterocycles. The number of pyridine rings is 1. The van der Waals surface area contributed by atoms with Crippen molar-refractivity contribution in [2.45, 2.75) is 97.4 Å². The van der Waals surface area contributed by atoms with Crippen molar-refractivity contribution >= 4 is 0 Å². The van der Waals surface area contributed by atoms with Gasteiger partial charge in [0, 0.05) is 22.5 Å². The summed E-state index contributed by atoms with van der Waals surface area (Å²) in [4.78, 5) is 5.16. The molecule has 31 heavy (non-hydrogen) atoms. The van der Waals surface area contributed by atoms with Crippen LogP contribution in [0.1, 0.15) is 119 Å². The van der Waals surface area contributed by atoms with Gasteiger partial charge in [0.15, 0.2) is 0 Å². The van der Waals surface area contributed by atoms with E-state index in [1.807, 2.05) is 12.1 Å².